The largest absolute Gasteiger partial charge is 0.298 e. The first-order valence-corrected chi connectivity index (χ1v) is 4.21. The van der Waals surface area contributed by atoms with Gasteiger partial charge in [-0.2, -0.15) is 0 Å². The van der Waals surface area contributed by atoms with Gasteiger partial charge in [-0.1, -0.05) is 0 Å². The standard InChI is InChI=1S/C9H5BrO3/c10-9-7(4-12)1-6(3-11)2-8(9)5-13/h1-5H. The van der Waals surface area contributed by atoms with Gasteiger partial charge in [0.15, 0.2) is 12.6 Å². The molecule has 0 aliphatic carbocycles. The van der Waals surface area contributed by atoms with Crippen molar-refractivity contribution in [3.8, 4) is 0 Å². The van der Waals surface area contributed by atoms with Gasteiger partial charge in [-0.25, -0.2) is 0 Å². The summed E-state index contributed by atoms with van der Waals surface area (Å²) in [5.74, 6) is 0. The van der Waals surface area contributed by atoms with Gasteiger partial charge in [0.2, 0.25) is 0 Å². The lowest BCUT2D eigenvalue weighted by Gasteiger charge is -2.00. The quantitative estimate of drug-likeness (QED) is 0.759. The number of hydrogen-bond donors (Lipinski definition) is 0. The van der Waals surface area contributed by atoms with E-state index in [1.165, 1.54) is 12.1 Å². The number of rotatable bonds is 3. The lowest BCUT2D eigenvalue weighted by Crippen LogP contribution is -1.93. The first kappa shape index (κ1) is 9.80. The Bertz CT molecular complexity index is 342. The summed E-state index contributed by atoms with van der Waals surface area (Å²) >= 11 is 3.09. The molecule has 0 unspecified atom stereocenters. The van der Waals surface area contributed by atoms with Crippen molar-refractivity contribution in [2.75, 3.05) is 0 Å². The second kappa shape index (κ2) is 4.09. The molecular weight excluding hydrogens is 236 g/mol. The molecule has 66 valence electrons. The van der Waals surface area contributed by atoms with E-state index in [0.29, 0.717) is 40.0 Å². The fourth-order valence-electron chi connectivity index (χ4n) is 0.934. The third-order valence-corrected chi connectivity index (χ3v) is 2.46. The lowest BCUT2D eigenvalue weighted by atomic mass is 10.1. The highest BCUT2D eigenvalue weighted by Crippen LogP contribution is 2.20. The SMILES string of the molecule is O=Cc1cc(C=O)c(Br)c(C=O)c1. The molecule has 0 saturated carbocycles. The van der Waals surface area contributed by atoms with Gasteiger partial charge in [-0.05, 0) is 28.1 Å². The highest BCUT2D eigenvalue weighted by Gasteiger charge is 2.06. The maximum Gasteiger partial charge on any atom is 0.151 e. The Hall–Kier alpha value is -1.29. The molecule has 0 amide bonds. The molecule has 0 saturated heterocycles. The van der Waals surface area contributed by atoms with Crippen LogP contribution in [-0.4, -0.2) is 18.9 Å². The number of benzene rings is 1. The van der Waals surface area contributed by atoms with E-state index in [9.17, 15) is 14.4 Å². The van der Waals surface area contributed by atoms with Gasteiger partial charge >= 0.3 is 0 Å². The Balaban J connectivity index is 3.44. The smallest absolute Gasteiger partial charge is 0.151 e. The molecule has 0 N–H and O–H groups in total. The molecule has 0 heterocycles. The maximum absolute atomic E-state index is 10.5. The third kappa shape index (κ3) is 1.89. The van der Waals surface area contributed by atoms with E-state index in [1.54, 1.807) is 0 Å². The predicted octanol–water partition coefficient (Wildman–Crippen LogP) is 1.89. The molecular formula is C9H5BrO3. The van der Waals surface area contributed by atoms with Crippen LogP contribution in [0.3, 0.4) is 0 Å². The Morgan fingerprint density at radius 2 is 1.38 bits per heavy atom. The molecule has 0 spiro atoms. The van der Waals surface area contributed by atoms with Crippen LogP contribution in [0.15, 0.2) is 16.6 Å². The molecule has 0 aromatic heterocycles. The van der Waals surface area contributed by atoms with E-state index in [0.717, 1.165) is 0 Å². The van der Waals surface area contributed by atoms with Crippen LogP contribution >= 0.6 is 15.9 Å². The van der Waals surface area contributed by atoms with Crippen LogP contribution in [0, 0.1) is 0 Å². The van der Waals surface area contributed by atoms with Gasteiger partial charge in [0.25, 0.3) is 0 Å². The highest BCUT2D eigenvalue weighted by atomic mass is 79.9. The summed E-state index contributed by atoms with van der Waals surface area (Å²) in [5.41, 5.74) is 0.908. The van der Waals surface area contributed by atoms with Crippen LogP contribution in [0.2, 0.25) is 0 Å². The van der Waals surface area contributed by atoms with Gasteiger partial charge in [-0.3, -0.25) is 14.4 Å². The van der Waals surface area contributed by atoms with Crippen molar-refractivity contribution in [3.05, 3.63) is 33.3 Å². The van der Waals surface area contributed by atoms with Crippen molar-refractivity contribution in [1.82, 2.24) is 0 Å². The molecule has 4 heteroatoms. The summed E-state index contributed by atoms with van der Waals surface area (Å²) in [6.45, 7) is 0. The second-order valence-corrected chi connectivity index (χ2v) is 3.16. The summed E-state index contributed by atoms with van der Waals surface area (Å²) in [6, 6.07) is 2.83. The molecule has 3 nitrogen and oxygen atoms in total. The number of aldehydes is 3. The molecule has 0 aliphatic heterocycles. The zero-order valence-corrected chi connectivity index (χ0v) is 8.08. The number of hydrogen-bond acceptors (Lipinski definition) is 3. The molecule has 0 fully saturated rings. The van der Waals surface area contributed by atoms with Crippen molar-refractivity contribution in [1.29, 1.82) is 0 Å². The number of carbonyl (C=O) groups is 3. The second-order valence-electron chi connectivity index (χ2n) is 2.37. The fraction of sp³-hybridized carbons (Fsp3) is 0. The molecule has 1 aromatic rings. The minimum Gasteiger partial charge on any atom is -0.298 e. The van der Waals surface area contributed by atoms with Gasteiger partial charge in [0, 0.05) is 21.2 Å². The maximum atomic E-state index is 10.5. The van der Waals surface area contributed by atoms with Gasteiger partial charge in [0.1, 0.15) is 6.29 Å². The van der Waals surface area contributed by atoms with Crippen molar-refractivity contribution >= 4 is 34.8 Å². The summed E-state index contributed by atoms with van der Waals surface area (Å²) in [5, 5.41) is 0. The first-order chi connectivity index (χ1) is 6.22. The molecule has 0 atom stereocenters. The van der Waals surface area contributed by atoms with Gasteiger partial charge in [0.05, 0.1) is 0 Å². The van der Waals surface area contributed by atoms with Gasteiger partial charge in [-0.15, -0.1) is 0 Å². The first-order valence-electron chi connectivity index (χ1n) is 3.42. The fourth-order valence-corrected chi connectivity index (χ4v) is 1.35. The van der Waals surface area contributed by atoms with E-state index in [1.807, 2.05) is 0 Å². The Morgan fingerprint density at radius 1 is 0.923 bits per heavy atom. The minimum atomic E-state index is 0.298. The zero-order valence-electron chi connectivity index (χ0n) is 6.49. The van der Waals surface area contributed by atoms with E-state index in [4.69, 9.17) is 0 Å². The Morgan fingerprint density at radius 3 is 1.69 bits per heavy atom. The van der Waals surface area contributed by atoms with Crippen LogP contribution in [-0.2, 0) is 0 Å². The molecule has 0 bridgehead atoms. The van der Waals surface area contributed by atoms with Gasteiger partial charge < -0.3 is 0 Å². The van der Waals surface area contributed by atoms with E-state index in [2.05, 4.69) is 15.9 Å². The molecule has 1 rings (SSSR count). The molecule has 13 heavy (non-hydrogen) atoms. The van der Waals surface area contributed by atoms with Crippen molar-refractivity contribution < 1.29 is 14.4 Å². The summed E-state index contributed by atoms with van der Waals surface area (Å²) < 4.78 is 0.420. The van der Waals surface area contributed by atoms with Crippen molar-refractivity contribution in [3.63, 3.8) is 0 Å². The lowest BCUT2D eigenvalue weighted by molar-refractivity contribution is 0.112. The Labute approximate surface area is 82.9 Å². The summed E-state index contributed by atoms with van der Waals surface area (Å²) in [4.78, 5) is 31.4. The van der Waals surface area contributed by atoms with Crippen LogP contribution in [0.4, 0.5) is 0 Å². The van der Waals surface area contributed by atoms with Crippen molar-refractivity contribution in [2.45, 2.75) is 0 Å². The monoisotopic (exact) mass is 240 g/mol. The summed E-state index contributed by atoms with van der Waals surface area (Å²) in [6.07, 6.45) is 1.76. The molecule has 0 radical (unpaired) electrons. The average Bonchev–Trinajstić information content (AvgIpc) is 2.18. The van der Waals surface area contributed by atoms with Crippen LogP contribution < -0.4 is 0 Å². The summed E-state index contributed by atoms with van der Waals surface area (Å²) in [7, 11) is 0. The Kier molecular flexibility index (Phi) is 3.08. The van der Waals surface area contributed by atoms with Crippen LogP contribution in [0.1, 0.15) is 31.1 Å². The molecule has 1 aromatic carbocycles. The van der Waals surface area contributed by atoms with E-state index < -0.39 is 0 Å². The van der Waals surface area contributed by atoms with Crippen molar-refractivity contribution in [2.24, 2.45) is 0 Å². The number of carbonyl (C=O) groups excluding carboxylic acids is 3. The molecule has 0 aliphatic rings. The normalized spacial score (nSPS) is 9.31. The van der Waals surface area contributed by atoms with E-state index in [-0.39, 0.29) is 0 Å². The van der Waals surface area contributed by atoms with Crippen LogP contribution in [0.25, 0.3) is 0 Å². The predicted molar refractivity (Wildman–Crippen MR) is 50.3 cm³/mol. The third-order valence-electron chi connectivity index (χ3n) is 1.54. The average molecular weight is 241 g/mol. The van der Waals surface area contributed by atoms with E-state index >= 15 is 0 Å². The topological polar surface area (TPSA) is 51.2 Å². The highest BCUT2D eigenvalue weighted by molar-refractivity contribution is 9.10. The number of halogens is 1. The van der Waals surface area contributed by atoms with Crippen LogP contribution in [0.5, 0.6) is 0 Å². The zero-order chi connectivity index (χ0) is 9.84. The minimum absolute atomic E-state index is 0.298.